The van der Waals surface area contributed by atoms with Crippen LogP contribution in [0.15, 0.2) is 18.2 Å². The van der Waals surface area contributed by atoms with E-state index in [1.54, 1.807) is 12.1 Å². The van der Waals surface area contributed by atoms with Crippen molar-refractivity contribution < 1.29 is 9.53 Å². The van der Waals surface area contributed by atoms with Crippen molar-refractivity contribution in [2.75, 3.05) is 7.11 Å². The van der Waals surface area contributed by atoms with Crippen molar-refractivity contribution in [3.05, 3.63) is 33.8 Å². The first kappa shape index (κ1) is 10.8. The minimum atomic E-state index is -0.161. The highest BCUT2D eigenvalue weighted by molar-refractivity contribution is 6.35. The van der Waals surface area contributed by atoms with E-state index in [1.165, 1.54) is 7.11 Å². The van der Waals surface area contributed by atoms with E-state index in [0.717, 1.165) is 12.0 Å². The van der Waals surface area contributed by atoms with E-state index >= 15 is 0 Å². The van der Waals surface area contributed by atoms with Gasteiger partial charge >= 0.3 is 5.97 Å². The number of rotatable bonds is 2. The summed E-state index contributed by atoms with van der Waals surface area (Å²) in [5.41, 5.74) is 0.983. The van der Waals surface area contributed by atoms with Gasteiger partial charge in [-0.15, -0.1) is 0 Å². The zero-order valence-electron chi connectivity index (χ0n) is 8.17. The summed E-state index contributed by atoms with van der Waals surface area (Å²) in [6, 6.07) is 5.36. The number of esters is 1. The molecule has 1 aromatic carbocycles. The minimum Gasteiger partial charge on any atom is -0.469 e. The summed E-state index contributed by atoms with van der Waals surface area (Å²) in [6.45, 7) is 0. The van der Waals surface area contributed by atoms with Crippen molar-refractivity contribution in [2.45, 2.75) is 12.3 Å². The first-order valence-electron chi connectivity index (χ1n) is 4.66. The highest BCUT2D eigenvalue weighted by Gasteiger charge is 2.45. The monoisotopic (exact) mass is 244 g/mol. The Morgan fingerprint density at radius 3 is 2.80 bits per heavy atom. The topological polar surface area (TPSA) is 26.3 Å². The van der Waals surface area contributed by atoms with Crippen molar-refractivity contribution in [1.82, 2.24) is 0 Å². The van der Waals surface area contributed by atoms with Crippen LogP contribution < -0.4 is 0 Å². The maximum Gasteiger partial charge on any atom is 0.309 e. The molecule has 0 aromatic heterocycles. The second-order valence-corrected chi connectivity index (χ2v) is 4.48. The van der Waals surface area contributed by atoms with E-state index in [1.807, 2.05) is 6.07 Å². The summed E-state index contributed by atoms with van der Waals surface area (Å²) in [4.78, 5) is 11.2. The third-order valence-corrected chi connectivity index (χ3v) is 3.22. The van der Waals surface area contributed by atoms with Crippen molar-refractivity contribution in [1.29, 1.82) is 0 Å². The van der Waals surface area contributed by atoms with E-state index in [2.05, 4.69) is 4.74 Å². The SMILES string of the molecule is COC(=O)[C@@H]1C[C@H]1c1ccc(Cl)cc1Cl. The van der Waals surface area contributed by atoms with E-state index in [0.29, 0.717) is 10.0 Å². The molecule has 1 fully saturated rings. The van der Waals surface area contributed by atoms with Gasteiger partial charge in [-0.25, -0.2) is 0 Å². The molecule has 0 N–H and O–H groups in total. The molecule has 80 valence electrons. The average Bonchev–Trinajstić information content (AvgIpc) is 2.96. The zero-order valence-corrected chi connectivity index (χ0v) is 9.68. The number of ether oxygens (including phenoxy) is 1. The lowest BCUT2D eigenvalue weighted by Gasteiger charge is -2.03. The van der Waals surface area contributed by atoms with Gasteiger partial charge in [0.05, 0.1) is 13.0 Å². The lowest BCUT2D eigenvalue weighted by Crippen LogP contribution is -2.03. The standard InChI is InChI=1S/C11H10Cl2O2/c1-15-11(14)9-5-8(9)7-3-2-6(12)4-10(7)13/h2-4,8-9H,5H2,1H3/t8-,9+/m0/s1. The molecular formula is C11H10Cl2O2. The van der Waals surface area contributed by atoms with Crippen LogP contribution in [0.25, 0.3) is 0 Å². The molecule has 1 saturated carbocycles. The predicted octanol–water partition coefficient (Wildman–Crippen LogP) is 3.27. The van der Waals surface area contributed by atoms with Crippen LogP contribution in [0, 0.1) is 5.92 Å². The van der Waals surface area contributed by atoms with Crippen molar-refractivity contribution in [3.63, 3.8) is 0 Å². The van der Waals surface area contributed by atoms with Crippen molar-refractivity contribution in [3.8, 4) is 0 Å². The molecule has 1 aliphatic carbocycles. The van der Waals surface area contributed by atoms with Crippen molar-refractivity contribution in [2.24, 2.45) is 5.92 Å². The number of carbonyl (C=O) groups excluding carboxylic acids is 1. The van der Waals surface area contributed by atoms with Gasteiger partial charge in [-0.3, -0.25) is 4.79 Å². The highest BCUT2D eigenvalue weighted by atomic mass is 35.5. The van der Waals surface area contributed by atoms with Crippen LogP contribution in [-0.2, 0) is 9.53 Å². The first-order chi connectivity index (χ1) is 7.13. The molecule has 0 aliphatic heterocycles. The Hall–Kier alpha value is -0.730. The molecule has 15 heavy (non-hydrogen) atoms. The first-order valence-corrected chi connectivity index (χ1v) is 5.42. The van der Waals surface area contributed by atoms with Gasteiger partial charge in [0.1, 0.15) is 0 Å². The molecule has 0 bridgehead atoms. The van der Waals surface area contributed by atoms with Crippen molar-refractivity contribution >= 4 is 29.2 Å². The molecule has 2 rings (SSSR count). The zero-order chi connectivity index (χ0) is 11.0. The smallest absolute Gasteiger partial charge is 0.309 e. The molecule has 0 spiro atoms. The highest BCUT2D eigenvalue weighted by Crippen LogP contribution is 2.50. The van der Waals surface area contributed by atoms with Gasteiger partial charge in [0.15, 0.2) is 0 Å². The summed E-state index contributed by atoms with van der Waals surface area (Å²) in [6.07, 6.45) is 0.814. The van der Waals surface area contributed by atoms with Gasteiger partial charge in [-0.1, -0.05) is 29.3 Å². The van der Waals surface area contributed by atoms with Crippen LogP contribution >= 0.6 is 23.2 Å². The average molecular weight is 245 g/mol. The summed E-state index contributed by atoms with van der Waals surface area (Å²) in [5, 5.41) is 1.23. The maximum atomic E-state index is 11.2. The number of halogens is 2. The third kappa shape index (κ3) is 2.11. The number of benzene rings is 1. The van der Waals surface area contributed by atoms with Crippen LogP contribution in [0.4, 0.5) is 0 Å². The Labute approximate surface area is 98.1 Å². The van der Waals surface area contributed by atoms with Crippen LogP contribution in [0.2, 0.25) is 10.0 Å². The number of carbonyl (C=O) groups is 1. The molecular weight excluding hydrogens is 235 g/mol. The fraction of sp³-hybridized carbons (Fsp3) is 0.364. The minimum absolute atomic E-state index is 0.0336. The second kappa shape index (κ2) is 4.03. The van der Waals surface area contributed by atoms with Crippen LogP contribution in [-0.4, -0.2) is 13.1 Å². The van der Waals surface area contributed by atoms with Gasteiger partial charge in [0, 0.05) is 10.0 Å². The predicted molar refractivity (Wildman–Crippen MR) is 59.3 cm³/mol. The van der Waals surface area contributed by atoms with Crippen LogP contribution in [0.5, 0.6) is 0 Å². The van der Waals surface area contributed by atoms with Crippen LogP contribution in [0.3, 0.4) is 0 Å². The van der Waals surface area contributed by atoms with E-state index in [4.69, 9.17) is 23.2 Å². The Kier molecular flexibility index (Phi) is 2.89. The molecule has 0 amide bonds. The fourth-order valence-electron chi connectivity index (χ4n) is 1.75. The second-order valence-electron chi connectivity index (χ2n) is 3.64. The normalized spacial score (nSPS) is 23.7. The Morgan fingerprint density at radius 2 is 2.20 bits per heavy atom. The molecule has 0 heterocycles. The number of hydrogen-bond donors (Lipinski definition) is 0. The molecule has 0 radical (unpaired) electrons. The van der Waals surface area contributed by atoms with E-state index in [-0.39, 0.29) is 17.8 Å². The van der Waals surface area contributed by atoms with Gasteiger partial charge in [0.2, 0.25) is 0 Å². The Morgan fingerprint density at radius 1 is 1.47 bits per heavy atom. The summed E-state index contributed by atoms with van der Waals surface area (Å²) in [7, 11) is 1.40. The van der Waals surface area contributed by atoms with Gasteiger partial charge in [0.25, 0.3) is 0 Å². The molecule has 0 saturated heterocycles. The molecule has 4 heteroatoms. The lowest BCUT2D eigenvalue weighted by atomic mass is 10.1. The van der Waals surface area contributed by atoms with E-state index < -0.39 is 0 Å². The van der Waals surface area contributed by atoms with E-state index in [9.17, 15) is 4.79 Å². The Balaban J connectivity index is 2.16. The molecule has 2 atom stereocenters. The number of hydrogen-bond acceptors (Lipinski definition) is 2. The maximum absolute atomic E-state index is 11.2. The number of methoxy groups -OCH3 is 1. The van der Waals surface area contributed by atoms with Gasteiger partial charge in [-0.05, 0) is 30.0 Å². The van der Waals surface area contributed by atoms with Crippen LogP contribution in [0.1, 0.15) is 17.9 Å². The van der Waals surface area contributed by atoms with Gasteiger partial charge < -0.3 is 4.74 Å². The lowest BCUT2D eigenvalue weighted by molar-refractivity contribution is -0.142. The molecule has 1 aliphatic rings. The third-order valence-electron chi connectivity index (χ3n) is 2.66. The summed E-state index contributed by atoms with van der Waals surface area (Å²) >= 11 is 11.8. The summed E-state index contributed by atoms with van der Waals surface area (Å²) < 4.78 is 4.68. The van der Waals surface area contributed by atoms with Gasteiger partial charge in [-0.2, -0.15) is 0 Å². The molecule has 0 unspecified atom stereocenters. The summed E-state index contributed by atoms with van der Waals surface area (Å²) in [5.74, 6) is 0.00177. The Bertz CT molecular complexity index is 404. The molecule has 2 nitrogen and oxygen atoms in total. The quantitative estimate of drug-likeness (QED) is 0.747. The largest absolute Gasteiger partial charge is 0.469 e. The fourth-order valence-corrected chi connectivity index (χ4v) is 2.30. The molecule has 1 aromatic rings.